The first-order valence-electron chi connectivity index (χ1n) is 10.0. The van der Waals surface area contributed by atoms with Crippen LogP contribution in [-0.4, -0.2) is 25.0 Å². The third-order valence-corrected chi connectivity index (χ3v) is 5.62. The number of nitrogens with one attached hydrogen (secondary N) is 1. The zero-order chi connectivity index (χ0) is 19.5. The van der Waals surface area contributed by atoms with Crippen molar-refractivity contribution in [2.24, 2.45) is 5.92 Å². The number of nitrogens with zero attached hydrogens (tertiary/aromatic N) is 1. The van der Waals surface area contributed by atoms with Gasteiger partial charge in [0.2, 0.25) is 5.91 Å². The van der Waals surface area contributed by atoms with Gasteiger partial charge in [-0.15, -0.1) is 0 Å². The number of carbonyl (C=O) groups is 2. The summed E-state index contributed by atoms with van der Waals surface area (Å²) in [5.41, 5.74) is 4.00. The van der Waals surface area contributed by atoms with E-state index in [1.807, 2.05) is 54.3 Å². The summed E-state index contributed by atoms with van der Waals surface area (Å²) in [6, 6.07) is 13.4. The number of amides is 2. The highest BCUT2D eigenvalue weighted by Crippen LogP contribution is 2.34. The maximum absolute atomic E-state index is 12.8. The van der Waals surface area contributed by atoms with Crippen LogP contribution in [0.5, 0.6) is 5.75 Å². The fourth-order valence-corrected chi connectivity index (χ4v) is 4.08. The van der Waals surface area contributed by atoms with Gasteiger partial charge in [-0.2, -0.15) is 0 Å². The molecule has 1 aliphatic carbocycles. The molecule has 0 spiro atoms. The largest absolute Gasteiger partial charge is 0.484 e. The van der Waals surface area contributed by atoms with Crippen molar-refractivity contribution in [1.29, 1.82) is 0 Å². The van der Waals surface area contributed by atoms with E-state index in [1.165, 1.54) is 0 Å². The molecule has 1 saturated carbocycles. The lowest BCUT2D eigenvalue weighted by Gasteiger charge is -2.21. The van der Waals surface area contributed by atoms with Crippen LogP contribution in [-0.2, 0) is 16.0 Å². The first-order valence-corrected chi connectivity index (χ1v) is 10.0. The molecule has 1 fully saturated rings. The summed E-state index contributed by atoms with van der Waals surface area (Å²) in [7, 11) is 0. The van der Waals surface area contributed by atoms with Gasteiger partial charge in [-0.25, -0.2) is 0 Å². The number of carbonyl (C=O) groups excluding carboxylic acids is 2. The van der Waals surface area contributed by atoms with Crippen LogP contribution >= 0.6 is 0 Å². The van der Waals surface area contributed by atoms with Gasteiger partial charge in [-0.1, -0.05) is 30.5 Å². The van der Waals surface area contributed by atoms with Crippen molar-refractivity contribution in [2.45, 2.75) is 39.0 Å². The number of hydrogen-bond donors (Lipinski definition) is 1. The van der Waals surface area contributed by atoms with Crippen molar-refractivity contribution >= 4 is 23.2 Å². The molecule has 2 aromatic carbocycles. The number of benzene rings is 2. The van der Waals surface area contributed by atoms with Crippen LogP contribution in [0.3, 0.4) is 0 Å². The first-order chi connectivity index (χ1) is 13.6. The number of anilines is 2. The molecule has 28 heavy (non-hydrogen) atoms. The molecule has 0 radical (unpaired) electrons. The second kappa shape index (κ2) is 8.05. The van der Waals surface area contributed by atoms with Gasteiger partial charge in [0.15, 0.2) is 6.61 Å². The van der Waals surface area contributed by atoms with E-state index in [0.717, 1.165) is 61.2 Å². The molecule has 2 aliphatic rings. The molecule has 1 N–H and O–H groups in total. The molecule has 0 atom stereocenters. The number of fused-ring (bicyclic) bond motifs is 1. The van der Waals surface area contributed by atoms with Gasteiger partial charge >= 0.3 is 0 Å². The summed E-state index contributed by atoms with van der Waals surface area (Å²) in [4.78, 5) is 26.9. The molecule has 146 valence electrons. The maximum atomic E-state index is 12.8. The third kappa shape index (κ3) is 4.03. The standard InChI is InChI=1S/C23H26N2O3/c1-16-6-9-20(10-7-16)28-15-22(26)24-19-8-11-21-18(14-19)12-13-25(21)23(27)17-4-2-3-5-17/h6-11,14,17H,2-5,12-13,15H2,1H3,(H,24,26). The third-order valence-electron chi connectivity index (χ3n) is 5.62. The van der Waals surface area contributed by atoms with Gasteiger partial charge in [-0.3, -0.25) is 9.59 Å². The van der Waals surface area contributed by atoms with Gasteiger partial charge in [0.1, 0.15) is 5.75 Å². The lowest BCUT2D eigenvalue weighted by molar-refractivity contribution is -0.122. The van der Waals surface area contributed by atoms with Crippen molar-refractivity contribution < 1.29 is 14.3 Å². The Morgan fingerprint density at radius 3 is 2.61 bits per heavy atom. The fourth-order valence-electron chi connectivity index (χ4n) is 4.08. The molecular weight excluding hydrogens is 352 g/mol. The molecule has 2 aromatic rings. The van der Waals surface area contributed by atoms with E-state index in [0.29, 0.717) is 5.75 Å². The van der Waals surface area contributed by atoms with Crippen molar-refractivity contribution in [3.63, 3.8) is 0 Å². The van der Waals surface area contributed by atoms with Crippen LogP contribution in [0.4, 0.5) is 11.4 Å². The Bertz CT molecular complexity index is 870. The summed E-state index contributed by atoms with van der Waals surface area (Å²) in [5.74, 6) is 0.928. The Morgan fingerprint density at radius 1 is 1.11 bits per heavy atom. The molecule has 5 nitrogen and oxygen atoms in total. The summed E-state index contributed by atoms with van der Waals surface area (Å²) in [6.45, 7) is 2.71. The smallest absolute Gasteiger partial charge is 0.262 e. The highest BCUT2D eigenvalue weighted by atomic mass is 16.5. The van der Waals surface area contributed by atoms with Gasteiger partial charge in [-0.05, 0) is 62.1 Å². The van der Waals surface area contributed by atoms with Crippen LogP contribution in [0.2, 0.25) is 0 Å². The van der Waals surface area contributed by atoms with Crippen molar-refractivity contribution in [2.75, 3.05) is 23.4 Å². The quantitative estimate of drug-likeness (QED) is 0.852. The fraction of sp³-hybridized carbons (Fsp3) is 0.391. The number of aryl methyl sites for hydroxylation is 1. The second-order valence-corrected chi connectivity index (χ2v) is 7.71. The normalized spacial score (nSPS) is 16.1. The molecule has 0 aromatic heterocycles. The molecule has 2 amide bonds. The van der Waals surface area contributed by atoms with Gasteiger partial charge < -0.3 is 15.0 Å². The lowest BCUT2D eigenvalue weighted by atomic mass is 10.1. The van der Waals surface area contributed by atoms with Crippen LogP contribution in [0, 0.1) is 12.8 Å². The van der Waals surface area contributed by atoms with E-state index < -0.39 is 0 Å². The number of ether oxygens (including phenoxy) is 1. The van der Waals surface area contributed by atoms with Crippen LogP contribution < -0.4 is 15.0 Å². The van der Waals surface area contributed by atoms with Crippen LogP contribution in [0.1, 0.15) is 36.8 Å². The summed E-state index contributed by atoms with van der Waals surface area (Å²) < 4.78 is 5.53. The Balaban J connectivity index is 1.35. The SMILES string of the molecule is Cc1ccc(OCC(=O)Nc2ccc3c(c2)CCN3C(=O)C2CCCC2)cc1. The van der Waals surface area contributed by atoms with E-state index in [2.05, 4.69) is 5.32 Å². The molecule has 4 rings (SSSR count). The van der Waals surface area contributed by atoms with Crippen molar-refractivity contribution in [1.82, 2.24) is 0 Å². The molecule has 0 bridgehead atoms. The molecular formula is C23H26N2O3. The molecule has 5 heteroatoms. The predicted octanol–water partition coefficient (Wildman–Crippen LogP) is 4.09. The second-order valence-electron chi connectivity index (χ2n) is 7.71. The minimum atomic E-state index is -0.197. The topological polar surface area (TPSA) is 58.6 Å². The highest BCUT2D eigenvalue weighted by Gasteiger charge is 2.31. The lowest BCUT2D eigenvalue weighted by Crippen LogP contribution is -2.33. The number of hydrogen-bond acceptors (Lipinski definition) is 3. The van der Waals surface area contributed by atoms with Gasteiger partial charge in [0.25, 0.3) is 5.91 Å². The Labute approximate surface area is 165 Å². The molecule has 1 aliphatic heterocycles. The zero-order valence-electron chi connectivity index (χ0n) is 16.2. The molecule has 0 saturated heterocycles. The van der Waals surface area contributed by atoms with E-state index >= 15 is 0 Å². The van der Waals surface area contributed by atoms with Crippen molar-refractivity contribution in [3.05, 3.63) is 53.6 Å². The van der Waals surface area contributed by atoms with E-state index in [1.54, 1.807) is 0 Å². The number of rotatable bonds is 5. The zero-order valence-corrected chi connectivity index (χ0v) is 16.2. The summed E-state index contributed by atoms with van der Waals surface area (Å²) in [5, 5.41) is 2.89. The van der Waals surface area contributed by atoms with Crippen molar-refractivity contribution in [3.8, 4) is 5.75 Å². The Kier molecular flexibility index (Phi) is 5.33. The minimum absolute atomic E-state index is 0.0353. The van der Waals surface area contributed by atoms with Gasteiger partial charge in [0, 0.05) is 23.8 Å². The Morgan fingerprint density at radius 2 is 1.86 bits per heavy atom. The first kappa shape index (κ1) is 18.5. The van der Waals surface area contributed by atoms with Crippen LogP contribution in [0.15, 0.2) is 42.5 Å². The molecule has 0 unspecified atom stereocenters. The summed E-state index contributed by atoms with van der Waals surface area (Å²) in [6.07, 6.45) is 5.18. The minimum Gasteiger partial charge on any atom is -0.484 e. The van der Waals surface area contributed by atoms with Gasteiger partial charge in [0.05, 0.1) is 0 Å². The van der Waals surface area contributed by atoms with E-state index in [4.69, 9.17) is 4.74 Å². The average molecular weight is 378 g/mol. The summed E-state index contributed by atoms with van der Waals surface area (Å²) >= 11 is 0. The average Bonchev–Trinajstić information content (AvgIpc) is 3.37. The predicted molar refractivity (Wildman–Crippen MR) is 110 cm³/mol. The Hall–Kier alpha value is -2.82. The highest BCUT2D eigenvalue weighted by molar-refractivity contribution is 5.98. The molecule has 1 heterocycles. The van der Waals surface area contributed by atoms with E-state index in [-0.39, 0.29) is 24.3 Å². The monoisotopic (exact) mass is 378 g/mol. The van der Waals surface area contributed by atoms with E-state index in [9.17, 15) is 9.59 Å². The van der Waals surface area contributed by atoms with Crippen LogP contribution in [0.25, 0.3) is 0 Å². The maximum Gasteiger partial charge on any atom is 0.262 e.